The van der Waals surface area contributed by atoms with Crippen LogP contribution in [0.3, 0.4) is 0 Å². The second-order valence-corrected chi connectivity index (χ2v) is 4.42. The fraction of sp³-hybridized carbons (Fsp3) is 0.750. The van der Waals surface area contributed by atoms with E-state index in [-0.39, 0.29) is 6.10 Å². The summed E-state index contributed by atoms with van der Waals surface area (Å²) in [5.41, 5.74) is 2.66. The van der Waals surface area contributed by atoms with E-state index in [0.29, 0.717) is 0 Å². The average molecular weight is 211 g/mol. The smallest absolute Gasteiger partial charge is 0.253 e. The molecule has 0 aliphatic heterocycles. The fourth-order valence-electron chi connectivity index (χ4n) is 1.98. The molecule has 1 aromatic rings. The first-order valence-corrected chi connectivity index (χ1v) is 5.65. The Balaban J connectivity index is 2.73. The number of imidazole rings is 1. The van der Waals surface area contributed by atoms with Crippen molar-refractivity contribution in [2.24, 2.45) is 7.05 Å². The quantitative estimate of drug-likeness (QED) is 0.749. The zero-order valence-corrected chi connectivity index (χ0v) is 10.5. The van der Waals surface area contributed by atoms with E-state index >= 15 is 0 Å². The van der Waals surface area contributed by atoms with Crippen LogP contribution in [0.5, 0.6) is 0 Å². The molecule has 0 fully saturated rings. The maximum Gasteiger partial charge on any atom is 0.253 e. The molecular formula is C12H23N2O+. The number of aromatic nitrogens is 2. The SMILES string of the molecule is Cc1c(C)[n+](CCCC(C)O)c(C)n1C. The molecule has 0 spiro atoms. The molecule has 0 aromatic carbocycles. The molecule has 1 atom stereocenters. The Morgan fingerprint density at radius 1 is 1.33 bits per heavy atom. The Morgan fingerprint density at radius 2 is 1.93 bits per heavy atom. The van der Waals surface area contributed by atoms with Gasteiger partial charge in [-0.25, -0.2) is 9.13 Å². The van der Waals surface area contributed by atoms with Crippen molar-refractivity contribution in [2.75, 3.05) is 0 Å². The van der Waals surface area contributed by atoms with E-state index in [1.54, 1.807) is 0 Å². The molecule has 0 radical (unpaired) electrons. The third-order valence-electron chi connectivity index (χ3n) is 3.31. The zero-order chi connectivity index (χ0) is 11.6. The number of nitrogens with zero attached hydrogens (tertiary/aromatic N) is 2. The average Bonchev–Trinajstić information content (AvgIpc) is 2.34. The Labute approximate surface area is 92.4 Å². The molecule has 3 heteroatoms. The van der Waals surface area contributed by atoms with Crippen molar-refractivity contribution in [2.45, 2.75) is 53.2 Å². The number of hydrogen-bond acceptors (Lipinski definition) is 1. The Kier molecular flexibility index (Phi) is 3.91. The molecule has 1 unspecified atom stereocenters. The van der Waals surface area contributed by atoms with E-state index in [1.807, 2.05) is 6.92 Å². The number of hydrogen-bond donors (Lipinski definition) is 1. The maximum atomic E-state index is 9.21. The largest absolute Gasteiger partial charge is 0.393 e. The normalized spacial score (nSPS) is 13.2. The summed E-state index contributed by atoms with van der Waals surface area (Å²) in [5.74, 6) is 1.29. The summed E-state index contributed by atoms with van der Waals surface area (Å²) >= 11 is 0. The van der Waals surface area contributed by atoms with E-state index in [9.17, 15) is 5.11 Å². The van der Waals surface area contributed by atoms with Gasteiger partial charge in [0.2, 0.25) is 0 Å². The molecule has 0 saturated heterocycles. The Hall–Kier alpha value is -0.830. The van der Waals surface area contributed by atoms with Gasteiger partial charge >= 0.3 is 0 Å². The summed E-state index contributed by atoms with van der Waals surface area (Å²) in [7, 11) is 2.10. The molecule has 0 amide bonds. The molecule has 1 N–H and O–H groups in total. The van der Waals surface area contributed by atoms with Gasteiger partial charge in [0.25, 0.3) is 5.82 Å². The predicted octanol–water partition coefficient (Wildman–Crippen LogP) is 1.40. The molecule has 3 nitrogen and oxygen atoms in total. The molecule has 1 aromatic heterocycles. The van der Waals surface area contributed by atoms with Crippen LogP contribution >= 0.6 is 0 Å². The number of aliphatic hydroxyl groups excluding tert-OH is 1. The van der Waals surface area contributed by atoms with Gasteiger partial charge in [0.1, 0.15) is 11.4 Å². The third kappa shape index (κ3) is 2.59. The zero-order valence-electron chi connectivity index (χ0n) is 10.5. The van der Waals surface area contributed by atoms with Gasteiger partial charge < -0.3 is 5.11 Å². The van der Waals surface area contributed by atoms with Gasteiger partial charge in [-0.15, -0.1) is 0 Å². The van der Waals surface area contributed by atoms with Gasteiger partial charge in [0, 0.05) is 20.8 Å². The lowest BCUT2D eigenvalue weighted by molar-refractivity contribution is -0.708. The van der Waals surface area contributed by atoms with Crippen LogP contribution in [-0.2, 0) is 13.6 Å². The van der Waals surface area contributed by atoms with E-state index in [1.165, 1.54) is 17.2 Å². The number of rotatable bonds is 4. The van der Waals surface area contributed by atoms with Gasteiger partial charge in [0.05, 0.1) is 19.7 Å². The molecule has 1 rings (SSSR count). The lowest BCUT2D eigenvalue weighted by atomic mass is 10.2. The lowest BCUT2D eigenvalue weighted by Gasteiger charge is -2.03. The first kappa shape index (κ1) is 12.2. The van der Waals surface area contributed by atoms with E-state index < -0.39 is 0 Å². The maximum absolute atomic E-state index is 9.21. The van der Waals surface area contributed by atoms with Crippen LogP contribution in [0.4, 0.5) is 0 Å². The molecule has 86 valence electrons. The van der Waals surface area contributed by atoms with Crippen molar-refractivity contribution in [1.29, 1.82) is 0 Å². The van der Waals surface area contributed by atoms with Crippen LogP contribution in [0.15, 0.2) is 0 Å². The van der Waals surface area contributed by atoms with Crippen LogP contribution in [0, 0.1) is 20.8 Å². The van der Waals surface area contributed by atoms with Crippen LogP contribution in [0.2, 0.25) is 0 Å². The van der Waals surface area contributed by atoms with Gasteiger partial charge in [-0.2, -0.15) is 0 Å². The second kappa shape index (κ2) is 4.79. The van der Waals surface area contributed by atoms with Crippen molar-refractivity contribution in [3.8, 4) is 0 Å². The van der Waals surface area contributed by atoms with Crippen LogP contribution in [0.1, 0.15) is 37.0 Å². The minimum atomic E-state index is -0.184. The lowest BCUT2D eigenvalue weighted by Crippen LogP contribution is -2.38. The molecular weight excluding hydrogens is 188 g/mol. The highest BCUT2D eigenvalue weighted by Crippen LogP contribution is 2.06. The predicted molar refractivity (Wildman–Crippen MR) is 60.7 cm³/mol. The standard InChI is InChI=1S/C12H23N2O/c1-9(15)7-6-8-14-11(3)10(2)13(5)12(14)4/h9,15H,6-8H2,1-5H3/q+1. The summed E-state index contributed by atoms with van der Waals surface area (Å²) in [6.45, 7) is 9.30. The summed E-state index contributed by atoms with van der Waals surface area (Å²) in [6.07, 6.45) is 1.73. The fourth-order valence-corrected chi connectivity index (χ4v) is 1.98. The molecule has 0 bridgehead atoms. The van der Waals surface area contributed by atoms with Crippen molar-refractivity contribution in [3.63, 3.8) is 0 Å². The van der Waals surface area contributed by atoms with Gasteiger partial charge in [-0.1, -0.05) is 0 Å². The van der Waals surface area contributed by atoms with Crippen LogP contribution in [-0.4, -0.2) is 15.8 Å². The first-order valence-electron chi connectivity index (χ1n) is 5.65. The summed E-state index contributed by atoms with van der Waals surface area (Å²) in [6, 6.07) is 0. The summed E-state index contributed by atoms with van der Waals surface area (Å²) < 4.78 is 4.55. The van der Waals surface area contributed by atoms with Crippen molar-refractivity contribution < 1.29 is 9.67 Å². The highest BCUT2D eigenvalue weighted by Gasteiger charge is 2.18. The number of aliphatic hydroxyl groups is 1. The van der Waals surface area contributed by atoms with Crippen LogP contribution < -0.4 is 4.57 Å². The van der Waals surface area contributed by atoms with Gasteiger partial charge in [-0.3, -0.25) is 0 Å². The topological polar surface area (TPSA) is 29.0 Å². The summed E-state index contributed by atoms with van der Waals surface area (Å²) in [4.78, 5) is 0. The monoisotopic (exact) mass is 211 g/mol. The molecule has 0 aliphatic carbocycles. The summed E-state index contributed by atoms with van der Waals surface area (Å²) in [5, 5.41) is 9.21. The first-order chi connectivity index (χ1) is 6.95. The Morgan fingerprint density at radius 3 is 2.33 bits per heavy atom. The minimum absolute atomic E-state index is 0.184. The van der Waals surface area contributed by atoms with Gasteiger partial charge in [0.15, 0.2) is 0 Å². The highest BCUT2D eigenvalue weighted by molar-refractivity contribution is 5.05. The van der Waals surface area contributed by atoms with Crippen molar-refractivity contribution in [3.05, 3.63) is 17.2 Å². The Bertz CT molecular complexity index is 314. The minimum Gasteiger partial charge on any atom is -0.393 e. The van der Waals surface area contributed by atoms with Gasteiger partial charge in [-0.05, 0) is 19.8 Å². The molecule has 0 aliphatic rings. The van der Waals surface area contributed by atoms with E-state index in [0.717, 1.165) is 19.4 Å². The van der Waals surface area contributed by atoms with E-state index in [4.69, 9.17) is 0 Å². The van der Waals surface area contributed by atoms with Crippen molar-refractivity contribution in [1.82, 2.24) is 4.57 Å². The molecule has 15 heavy (non-hydrogen) atoms. The van der Waals surface area contributed by atoms with Crippen molar-refractivity contribution >= 4 is 0 Å². The third-order valence-corrected chi connectivity index (χ3v) is 3.31. The highest BCUT2D eigenvalue weighted by atomic mass is 16.3. The molecule has 1 heterocycles. The second-order valence-electron chi connectivity index (χ2n) is 4.42. The van der Waals surface area contributed by atoms with Crippen LogP contribution in [0.25, 0.3) is 0 Å². The van der Waals surface area contributed by atoms with E-state index in [2.05, 4.69) is 37.0 Å². The molecule has 0 saturated carbocycles.